The van der Waals surface area contributed by atoms with Gasteiger partial charge in [0.25, 0.3) is 0 Å². The number of ether oxygens (including phenoxy) is 6. The van der Waals surface area contributed by atoms with Crippen LogP contribution in [0.1, 0.15) is 77.6 Å². The number of unbranched alkanes of at least 4 members (excludes halogenated alkanes) is 6. The van der Waals surface area contributed by atoms with Crippen LogP contribution in [0.3, 0.4) is 0 Å². The maximum absolute atomic E-state index is 12.6. The summed E-state index contributed by atoms with van der Waals surface area (Å²) in [5.74, 6) is 0.473. The zero-order valence-corrected chi connectivity index (χ0v) is 28.6. The van der Waals surface area contributed by atoms with Crippen molar-refractivity contribution in [2.24, 2.45) is 0 Å². The van der Waals surface area contributed by atoms with Gasteiger partial charge in [0.15, 0.2) is 6.29 Å². The summed E-state index contributed by atoms with van der Waals surface area (Å²) in [6.07, 6.45) is 9.39. The molecule has 0 aliphatic carbocycles. The van der Waals surface area contributed by atoms with Crippen molar-refractivity contribution in [3.8, 4) is 17.2 Å². The Bertz CT molecular complexity index is 1450. The van der Waals surface area contributed by atoms with Crippen molar-refractivity contribution in [3.05, 3.63) is 115 Å². The van der Waals surface area contributed by atoms with E-state index in [2.05, 4.69) is 13.2 Å². The molecule has 3 aromatic rings. The minimum Gasteiger partial charge on any atom is -0.494 e. The molecule has 0 saturated heterocycles. The molecule has 10 nitrogen and oxygen atoms in total. The van der Waals surface area contributed by atoms with E-state index in [0.29, 0.717) is 61.2 Å². The number of rotatable bonds is 25. The smallest absolute Gasteiger partial charge is 0.343 e. The first-order valence-electron chi connectivity index (χ1n) is 17.0. The summed E-state index contributed by atoms with van der Waals surface area (Å²) in [4.78, 5) is 36.1. The Balaban J connectivity index is 1.27. The Kier molecular flexibility index (Phi) is 18.5. The van der Waals surface area contributed by atoms with Gasteiger partial charge in [-0.3, -0.25) is 0 Å². The molecule has 0 amide bonds. The molecule has 1 atom stereocenters. The van der Waals surface area contributed by atoms with Gasteiger partial charge in [0.05, 0.1) is 44.2 Å². The molecular formula is C40H48O10. The van der Waals surface area contributed by atoms with Gasteiger partial charge in [-0.1, -0.05) is 31.7 Å². The van der Waals surface area contributed by atoms with Gasteiger partial charge >= 0.3 is 17.9 Å². The molecule has 0 saturated carbocycles. The number of hydrogen-bond acceptors (Lipinski definition) is 10. The topological polar surface area (TPSA) is 127 Å². The van der Waals surface area contributed by atoms with Crippen LogP contribution in [-0.2, 0) is 25.4 Å². The molecule has 0 heterocycles. The predicted molar refractivity (Wildman–Crippen MR) is 190 cm³/mol. The normalized spacial score (nSPS) is 11.2. The van der Waals surface area contributed by atoms with Gasteiger partial charge in [0, 0.05) is 12.5 Å². The van der Waals surface area contributed by atoms with E-state index in [-0.39, 0.29) is 6.61 Å². The number of carbonyl (C=O) groups excluding carboxylic acids is 3. The molecule has 0 bridgehead atoms. The molecule has 0 aromatic heterocycles. The molecule has 1 N–H and O–H groups in total. The van der Waals surface area contributed by atoms with Gasteiger partial charge in [-0.05, 0) is 117 Å². The summed E-state index contributed by atoms with van der Waals surface area (Å²) in [5, 5.41) is 9.26. The van der Waals surface area contributed by atoms with Crippen LogP contribution in [0.25, 0.3) is 0 Å². The number of hydrogen-bond donors (Lipinski definition) is 1. The molecule has 50 heavy (non-hydrogen) atoms. The number of benzene rings is 3. The van der Waals surface area contributed by atoms with E-state index < -0.39 is 24.2 Å². The van der Waals surface area contributed by atoms with Crippen molar-refractivity contribution in [3.63, 3.8) is 0 Å². The molecule has 0 aliphatic heterocycles. The highest BCUT2D eigenvalue weighted by molar-refractivity contribution is 5.91. The van der Waals surface area contributed by atoms with Crippen molar-refractivity contribution in [1.29, 1.82) is 0 Å². The van der Waals surface area contributed by atoms with Crippen LogP contribution in [0.2, 0.25) is 0 Å². The molecular weight excluding hydrogens is 640 g/mol. The number of aliphatic hydroxyl groups is 1. The van der Waals surface area contributed by atoms with Crippen LogP contribution < -0.4 is 14.2 Å². The number of carbonyl (C=O) groups is 3. The molecule has 10 heteroatoms. The van der Waals surface area contributed by atoms with Crippen molar-refractivity contribution in [1.82, 2.24) is 0 Å². The fraction of sp³-hybridized carbons (Fsp3) is 0.375. The van der Waals surface area contributed by atoms with Crippen molar-refractivity contribution in [2.75, 3.05) is 33.0 Å². The summed E-state index contributed by atoms with van der Waals surface area (Å²) in [5.41, 5.74) is 1.78. The summed E-state index contributed by atoms with van der Waals surface area (Å²) in [6.45, 7) is 9.04. The van der Waals surface area contributed by atoms with Gasteiger partial charge in [0.1, 0.15) is 17.2 Å². The quantitative estimate of drug-likeness (QED) is 0.0240. The Morgan fingerprint density at radius 3 is 1.62 bits per heavy atom. The molecule has 0 aliphatic rings. The Morgan fingerprint density at radius 1 is 0.580 bits per heavy atom. The lowest BCUT2D eigenvalue weighted by atomic mass is 10.1. The van der Waals surface area contributed by atoms with Gasteiger partial charge in [-0.25, -0.2) is 14.4 Å². The maximum atomic E-state index is 12.6. The molecule has 1 unspecified atom stereocenters. The third-order valence-corrected chi connectivity index (χ3v) is 7.45. The van der Waals surface area contributed by atoms with Crippen molar-refractivity contribution in [2.45, 2.75) is 64.1 Å². The Hall–Kier alpha value is -4.93. The van der Waals surface area contributed by atoms with Gasteiger partial charge < -0.3 is 33.5 Å². The van der Waals surface area contributed by atoms with Crippen molar-refractivity contribution < 1.29 is 47.9 Å². The average molecular weight is 689 g/mol. The van der Waals surface area contributed by atoms with E-state index in [0.717, 1.165) is 63.0 Å². The zero-order valence-electron chi connectivity index (χ0n) is 28.6. The number of esters is 3. The van der Waals surface area contributed by atoms with E-state index in [1.807, 2.05) is 12.1 Å². The second-order valence-electron chi connectivity index (χ2n) is 11.4. The summed E-state index contributed by atoms with van der Waals surface area (Å²) < 4.78 is 32.5. The molecule has 3 rings (SSSR count). The predicted octanol–water partition coefficient (Wildman–Crippen LogP) is 7.43. The van der Waals surface area contributed by atoms with E-state index in [1.54, 1.807) is 60.7 Å². The van der Waals surface area contributed by atoms with E-state index in [9.17, 15) is 19.5 Å². The lowest BCUT2D eigenvalue weighted by molar-refractivity contribution is -0.137. The van der Waals surface area contributed by atoms with Crippen molar-refractivity contribution >= 4 is 17.9 Å². The first kappa shape index (κ1) is 39.5. The Labute approximate surface area is 294 Å². The highest BCUT2D eigenvalue weighted by Crippen LogP contribution is 2.18. The van der Waals surface area contributed by atoms with Crippen LogP contribution >= 0.6 is 0 Å². The standard InChI is InChI=1S/C40H48O10/c1-3-37(41)47-28-11-7-5-9-26-45-34-21-15-32(16-22-34)39(43)49-30-25-31-13-19-36(20-14-31)50-40(44)33-17-23-35(24-18-33)46-27-10-6-8-12-29-48-38(42)4-2/h3-4,13-24,37,41H,1-2,5-12,25-30H2. The molecule has 0 radical (unpaired) electrons. The monoisotopic (exact) mass is 688 g/mol. The minimum absolute atomic E-state index is 0.204. The number of aliphatic hydroxyl groups excluding tert-OH is 1. The van der Waals surface area contributed by atoms with Gasteiger partial charge in [-0.2, -0.15) is 0 Å². The molecule has 268 valence electrons. The second-order valence-corrected chi connectivity index (χ2v) is 11.4. The van der Waals surface area contributed by atoms with Gasteiger partial charge in [0.2, 0.25) is 0 Å². The highest BCUT2D eigenvalue weighted by Gasteiger charge is 2.11. The third kappa shape index (κ3) is 16.0. The molecule has 0 fully saturated rings. The summed E-state index contributed by atoms with van der Waals surface area (Å²) in [6, 6.07) is 20.7. The summed E-state index contributed by atoms with van der Waals surface area (Å²) in [7, 11) is 0. The maximum Gasteiger partial charge on any atom is 0.343 e. The van der Waals surface area contributed by atoms with Crippen LogP contribution in [0.5, 0.6) is 17.2 Å². The largest absolute Gasteiger partial charge is 0.494 e. The van der Waals surface area contributed by atoms with E-state index in [1.165, 1.54) is 6.08 Å². The first-order valence-corrected chi connectivity index (χ1v) is 17.0. The first-order chi connectivity index (χ1) is 24.4. The SMILES string of the molecule is C=CC(=O)OCCCCCCOc1ccc(C(=O)Oc2ccc(CCOC(=O)c3ccc(OCCCCCCOC(O)C=C)cc3)cc2)cc1. The summed E-state index contributed by atoms with van der Waals surface area (Å²) >= 11 is 0. The average Bonchev–Trinajstić information content (AvgIpc) is 3.14. The fourth-order valence-electron chi connectivity index (χ4n) is 4.61. The van der Waals surface area contributed by atoms with E-state index >= 15 is 0 Å². The van der Waals surface area contributed by atoms with Gasteiger partial charge in [-0.15, -0.1) is 0 Å². The van der Waals surface area contributed by atoms with Crippen LogP contribution in [-0.4, -0.2) is 62.3 Å². The molecule has 0 spiro atoms. The van der Waals surface area contributed by atoms with Crippen LogP contribution in [0.4, 0.5) is 0 Å². The fourth-order valence-corrected chi connectivity index (χ4v) is 4.61. The minimum atomic E-state index is -0.904. The van der Waals surface area contributed by atoms with Crippen LogP contribution in [0, 0.1) is 0 Å². The van der Waals surface area contributed by atoms with E-state index in [4.69, 9.17) is 28.4 Å². The second kappa shape index (κ2) is 23.4. The lowest BCUT2D eigenvalue weighted by Gasteiger charge is -2.09. The Morgan fingerprint density at radius 2 is 1.08 bits per heavy atom. The van der Waals surface area contributed by atoms with Crippen LogP contribution in [0.15, 0.2) is 98.1 Å². The molecule has 3 aromatic carbocycles. The lowest BCUT2D eigenvalue weighted by Crippen LogP contribution is -2.09. The third-order valence-electron chi connectivity index (χ3n) is 7.45. The highest BCUT2D eigenvalue weighted by atomic mass is 16.6. The zero-order chi connectivity index (χ0) is 35.8.